The second-order valence-electron chi connectivity index (χ2n) is 12.0. The van der Waals surface area contributed by atoms with Gasteiger partial charge in [0.15, 0.2) is 6.23 Å². The van der Waals surface area contributed by atoms with Gasteiger partial charge in [-0.3, -0.25) is 19.0 Å². The van der Waals surface area contributed by atoms with Crippen LogP contribution in [-0.2, 0) is 19.1 Å². The second-order valence-corrected chi connectivity index (χ2v) is 12.0. The molecule has 5 atom stereocenters. The summed E-state index contributed by atoms with van der Waals surface area (Å²) in [6.07, 6.45) is 13.8. The average Bonchev–Trinajstić information content (AvgIpc) is 3.29. The summed E-state index contributed by atoms with van der Waals surface area (Å²) in [6, 6.07) is 0.120. The largest absolute Gasteiger partial charge is 0.481 e. The minimum atomic E-state index is -1.48. The number of aliphatic hydroxyl groups is 3. The number of ether oxygens (including phenoxy) is 1. The summed E-state index contributed by atoms with van der Waals surface area (Å²) < 4.78 is 6.25. The molecule has 0 unspecified atom stereocenters. The van der Waals surface area contributed by atoms with Crippen molar-refractivity contribution in [2.24, 2.45) is 0 Å². The van der Waals surface area contributed by atoms with Crippen LogP contribution in [0.2, 0.25) is 0 Å². The molecular formula is C32H54N4O9. The molecule has 2 amide bonds. The van der Waals surface area contributed by atoms with E-state index in [0.717, 1.165) is 23.8 Å². The van der Waals surface area contributed by atoms with Crippen molar-refractivity contribution >= 4 is 23.6 Å². The van der Waals surface area contributed by atoms with Gasteiger partial charge in [-0.05, 0) is 18.9 Å². The molecule has 0 aliphatic carbocycles. The van der Waals surface area contributed by atoms with E-state index in [0.29, 0.717) is 6.42 Å². The highest BCUT2D eigenvalue weighted by atomic mass is 16.6. The predicted molar refractivity (Wildman–Crippen MR) is 168 cm³/mol. The topological polar surface area (TPSA) is 200 Å². The summed E-state index contributed by atoms with van der Waals surface area (Å²) in [5.41, 5.74) is -0.901. The van der Waals surface area contributed by atoms with Gasteiger partial charge in [0.05, 0.1) is 6.61 Å². The van der Waals surface area contributed by atoms with Gasteiger partial charge < -0.3 is 35.8 Å². The highest BCUT2D eigenvalue weighted by Gasteiger charge is 2.43. The zero-order chi connectivity index (χ0) is 33.0. The van der Waals surface area contributed by atoms with E-state index in [1.807, 2.05) is 0 Å². The molecule has 0 bridgehead atoms. The van der Waals surface area contributed by atoms with Crippen LogP contribution in [0.15, 0.2) is 17.1 Å². The van der Waals surface area contributed by atoms with Crippen molar-refractivity contribution in [3.8, 4) is 0 Å². The third-order valence-electron chi connectivity index (χ3n) is 8.18. The van der Waals surface area contributed by atoms with E-state index < -0.39 is 54.8 Å². The summed E-state index contributed by atoms with van der Waals surface area (Å²) in [5, 5.41) is 43.5. The quantitative estimate of drug-likeness (QED) is 0.0912. The molecule has 1 aliphatic rings. The number of unbranched alkanes of at least 4 members (excludes halogenated alkanes) is 14. The van der Waals surface area contributed by atoms with E-state index in [1.54, 1.807) is 0 Å². The van der Waals surface area contributed by atoms with Gasteiger partial charge in [0.25, 0.3) is 0 Å². The van der Waals surface area contributed by atoms with Crippen LogP contribution in [0.1, 0.15) is 129 Å². The van der Waals surface area contributed by atoms with Crippen molar-refractivity contribution < 1.29 is 39.5 Å². The van der Waals surface area contributed by atoms with E-state index in [9.17, 15) is 34.5 Å². The SMILES string of the molecule is CCCCCCCCCCCCCCCCCC(=O)N[C@@H](CCC(=O)O)C(=O)Nc1ccn([C@H]2O[C@@H](CO)[C@H](O)[C@H]2O)c(=O)n1. The molecule has 1 saturated heterocycles. The highest BCUT2D eigenvalue weighted by molar-refractivity contribution is 5.96. The van der Waals surface area contributed by atoms with Crippen molar-refractivity contribution in [3.63, 3.8) is 0 Å². The van der Waals surface area contributed by atoms with Crippen LogP contribution in [0.5, 0.6) is 0 Å². The molecule has 1 aliphatic heterocycles. The molecule has 45 heavy (non-hydrogen) atoms. The Morgan fingerprint density at radius 2 is 1.44 bits per heavy atom. The number of aromatic nitrogens is 2. The van der Waals surface area contributed by atoms with E-state index in [1.165, 1.54) is 82.9 Å². The zero-order valence-corrected chi connectivity index (χ0v) is 26.7. The number of hydrogen-bond acceptors (Lipinski definition) is 9. The normalized spacial score (nSPS) is 20.2. The standard InChI is InChI=1S/C32H54N4O9/c1-2-3-4-5-6-7-8-9-10-11-12-13-14-15-16-17-26(38)33-23(18-19-27(39)40)30(43)34-25-20-21-36(32(44)35-25)31-29(42)28(41)24(22-37)45-31/h20-21,23-24,28-29,31,37,41-42H,2-19,22H2,1H3,(H,33,38)(H,39,40)(H,34,35,43,44)/t23-,24-,28-,29+,31-/m0/s1. The lowest BCUT2D eigenvalue weighted by molar-refractivity contribution is -0.137. The van der Waals surface area contributed by atoms with Gasteiger partial charge in [-0.1, -0.05) is 96.8 Å². The molecule has 2 heterocycles. The first-order chi connectivity index (χ1) is 21.7. The van der Waals surface area contributed by atoms with Crippen molar-refractivity contribution in [2.45, 2.75) is 153 Å². The van der Waals surface area contributed by atoms with Crippen molar-refractivity contribution in [2.75, 3.05) is 11.9 Å². The molecule has 1 fully saturated rings. The predicted octanol–water partition coefficient (Wildman–Crippen LogP) is 3.40. The van der Waals surface area contributed by atoms with Gasteiger partial charge in [-0.15, -0.1) is 0 Å². The Balaban J connectivity index is 1.71. The van der Waals surface area contributed by atoms with Crippen molar-refractivity contribution in [1.29, 1.82) is 0 Å². The van der Waals surface area contributed by atoms with E-state index in [4.69, 9.17) is 9.84 Å². The number of amides is 2. The number of aliphatic hydroxyl groups excluding tert-OH is 3. The molecule has 1 aromatic heterocycles. The fourth-order valence-electron chi connectivity index (χ4n) is 5.46. The fraction of sp³-hybridized carbons (Fsp3) is 0.781. The molecular weight excluding hydrogens is 584 g/mol. The lowest BCUT2D eigenvalue weighted by Crippen LogP contribution is -2.44. The van der Waals surface area contributed by atoms with Crippen LogP contribution < -0.4 is 16.3 Å². The lowest BCUT2D eigenvalue weighted by Gasteiger charge is -2.19. The number of aliphatic carboxylic acids is 1. The van der Waals surface area contributed by atoms with Gasteiger partial charge in [0.2, 0.25) is 11.8 Å². The first-order valence-corrected chi connectivity index (χ1v) is 16.7. The molecule has 1 aromatic rings. The van der Waals surface area contributed by atoms with Crippen LogP contribution in [0, 0.1) is 0 Å². The molecule has 2 rings (SSSR count). The first kappa shape index (κ1) is 38.3. The number of carbonyl (C=O) groups is 3. The van der Waals surface area contributed by atoms with Crippen LogP contribution >= 0.6 is 0 Å². The summed E-state index contributed by atoms with van der Waals surface area (Å²) in [7, 11) is 0. The van der Waals surface area contributed by atoms with E-state index in [2.05, 4.69) is 22.5 Å². The number of carbonyl (C=O) groups excluding carboxylic acids is 2. The Morgan fingerprint density at radius 3 is 1.93 bits per heavy atom. The molecule has 0 radical (unpaired) electrons. The van der Waals surface area contributed by atoms with Gasteiger partial charge in [-0.2, -0.15) is 4.98 Å². The number of carboxylic acid groups (broad SMARTS) is 1. The number of hydrogen-bond donors (Lipinski definition) is 6. The molecule has 6 N–H and O–H groups in total. The summed E-state index contributed by atoms with van der Waals surface area (Å²) in [5.74, 6) is -2.35. The average molecular weight is 639 g/mol. The van der Waals surface area contributed by atoms with Crippen molar-refractivity contribution in [3.05, 3.63) is 22.7 Å². The molecule has 13 heteroatoms. The highest BCUT2D eigenvalue weighted by Crippen LogP contribution is 2.28. The van der Waals surface area contributed by atoms with E-state index >= 15 is 0 Å². The third kappa shape index (κ3) is 14.4. The Morgan fingerprint density at radius 1 is 0.889 bits per heavy atom. The smallest absolute Gasteiger partial charge is 0.351 e. The maximum atomic E-state index is 12.9. The van der Waals surface area contributed by atoms with Crippen LogP contribution in [0.4, 0.5) is 5.82 Å². The van der Waals surface area contributed by atoms with Crippen LogP contribution in [0.3, 0.4) is 0 Å². The molecule has 256 valence electrons. The Labute approximate surface area is 265 Å². The van der Waals surface area contributed by atoms with Gasteiger partial charge in [0, 0.05) is 19.0 Å². The number of nitrogens with zero attached hydrogens (tertiary/aromatic N) is 2. The first-order valence-electron chi connectivity index (χ1n) is 16.7. The number of rotatable bonds is 24. The maximum absolute atomic E-state index is 12.9. The molecule has 0 saturated carbocycles. The zero-order valence-electron chi connectivity index (χ0n) is 26.7. The maximum Gasteiger partial charge on any atom is 0.351 e. The summed E-state index contributed by atoms with van der Waals surface area (Å²) in [6.45, 7) is 1.68. The van der Waals surface area contributed by atoms with Gasteiger partial charge >= 0.3 is 11.7 Å². The van der Waals surface area contributed by atoms with Crippen LogP contribution in [0.25, 0.3) is 0 Å². The summed E-state index contributed by atoms with van der Waals surface area (Å²) in [4.78, 5) is 52.9. The van der Waals surface area contributed by atoms with Crippen molar-refractivity contribution in [1.82, 2.24) is 14.9 Å². The molecule has 13 nitrogen and oxygen atoms in total. The summed E-state index contributed by atoms with van der Waals surface area (Å²) >= 11 is 0. The Hall–Kier alpha value is -2.87. The fourth-order valence-corrected chi connectivity index (χ4v) is 5.46. The lowest BCUT2D eigenvalue weighted by atomic mass is 10.0. The molecule has 0 aromatic carbocycles. The second kappa shape index (κ2) is 21.8. The van der Waals surface area contributed by atoms with E-state index in [-0.39, 0.29) is 31.0 Å². The van der Waals surface area contributed by atoms with Gasteiger partial charge in [0.1, 0.15) is 30.2 Å². The minimum absolute atomic E-state index is 0.147. The van der Waals surface area contributed by atoms with Crippen LogP contribution in [-0.4, -0.2) is 78.7 Å². The third-order valence-corrected chi connectivity index (χ3v) is 8.18. The minimum Gasteiger partial charge on any atom is -0.481 e. The number of anilines is 1. The monoisotopic (exact) mass is 638 g/mol. The number of carboxylic acids is 1. The Kier molecular flexibility index (Phi) is 18.6. The molecule has 0 spiro atoms. The number of nitrogens with one attached hydrogen (secondary N) is 2. The van der Waals surface area contributed by atoms with Gasteiger partial charge in [-0.25, -0.2) is 4.79 Å². The Bertz CT molecular complexity index is 1080.